The molecule has 0 spiro atoms. The first-order valence-electron chi connectivity index (χ1n) is 6.56. The van der Waals surface area contributed by atoms with Crippen LogP contribution in [0.1, 0.15) is 29.9 Å². The summed E-state index contributed by atoms with van der Waals surface area (Å²) in [5.74, 6) is -0.969. The van der Waals surface area contributed by atoms with Crippen LogP contribution in [0.25, 0.3) is 11.3 Å². The van der Waals surface area contributed by atoms with E-state index in [-0.39, 0.29) is 16.7 Å². The summed E-state index contributed by atoms with van der Waals surface area (Å²) in [6.07, 6.45) is 0.378. The maximum atomic E-state index is 11.8. The first-order chi connectivity index (χ1) is 9.97. The molecule has 0 aliphatic rings. The molecule has 1 aromatic carbocycles. The first kappa shape index (κ1) is 15.2. The van der Waals surface area contributed by atoms with E-state index in [1.807, 2.05) is 32.0 Å². The fourth-order valence-corrected chi connectivity index (χ4v) is 2.69. The molecule has 0 fully saturated rings. The van der Waals surface area contributed by atoms with Gasteiger partial charge in [0.2, 0.25) is 5.91 Å². The van der Waals surface area contributed by atoms with Crippen molar-refractivity contribution in [1.82, 2.24) is 4.98 Å². The molecule has 0 aliphatic carbocycles. The number of aromatic nitrogens is 1. The molecule has 2 rings (SSSR count). The Bertz CT molecular complexity index is 650. The van der Waals surface area contributed by atoms with Gasteiger partial charge in [-0.2, -0.15) is 0 Å². The number of carboxylic acid groups (broad SMARTS) is 1. The van der Waals surface area contributed by atoms with E-state index in [4.69, 9.17) is 0 Å². The SMILES string of the molecule is CC(C)CC(=O)Nc1nc(-c2ccccc2)c(C(=O)O)s1. The normalized spacial score (nSPS) is 10.6. The zero-order valence-corrected chi connectivity index (χ0v) is 12.6. The molecule has 110 valence electrons. The van der Waals surface area contributed by atoms with E-state index in [2.05, 4.69) is 10.3 Å². The van der Waals surface area contributed by atoms with Crippen molar-refractivity contribution < 1.29 is 14.7 Å². The van der Waals surface area contributed by atoms with Crippen LogP contribution < -0.4 is 5.32 Å². The molecule has 0 unspecified atom stereocenters. The molecule has 6 heteroatoms. The van der Waals surface area contributed by atoms with Crippen LogP contribution in [-0.2, 0) is 4.79 Å². The average molecular weight is 304 g/mol. The lowest BCUT2D eigenvalue weighted by atomic mass is 10.1. The molecule has 0 aliphatic heterocycles. The van der Waals surface area contributed by atoms with Crippen LogP contribution in [0.15, 0.2) is 30.3 Å². The third-order valence-corrected chi connectivity index (χ3v) is 3.67. The Morgan fingerprint density at radius 1 is 1.29 bits per heavy atom. The number of amides is 1. The van der Waals surface area contributed by atoms with E-state index in [0.29, 0.717) is 17.2 Å². The average Bonchev–Trinajstić information content (AvgIpc) is 2.82. The number of carbonyl (C=O) groups excluding carboxylic acids is 1. The van der Waals surface area contributed by atoms with Crippen molar-refractivity contribution in [3.63, 3.8) is 0 Å². The standard InChI is InChI=1S/C15H16N2O3S/c1-9(2)8-11(18)16-15-17-12(13(21-15)14(19)20)10-6-4-3-5-7-10/h3-7,9H,8H2,1-2H3,(H,19,20)(H,16,17,18). The van der Waals surface area contributed by atoms with E-state index >= 15 is 0 Å². The Morgan fingerprint density at radius 3 is 2.52 bits per heavy atom. The van der Waals surface area contributed by atoms with Crippen molar-refractivity contribution in [3.05, 3.63) is 35.2 Å². The second-order valence-electron chi connectivity index (χ2n) is 5.01. The number of hydrogen-bond donors (Lipinski definition) is 2. The summed E-state index contributed by atoms with van der Waals surface area (Å²) in [5, 5.41) is 12.3. The number of benzene rings is 1. The summed E-state index contributed by atoms with van der Waals surface area (Å²) in [4.78, 5) is 27.5. The lowest BCUT2D eigenvalue weighted by molar-refractivity contribution is -0.116. The minimum absolute atomic E-state index is 0.126. The van der Waals surface area contributed by atoms with Crippen LogP contribution in [0.2, 0.25) is 0 Å². The van der Waals surface area contributed by atoms with Crippen LogP contribution in [0.4, 0.5) is 5.13 Å². The molecular weight excluding hydrogens is 288 g/mol. The topological polar surface area (TPSA) is 79.3 Å². The van der Waals surface area contributed by atoms with Crippen molar-refractivity contribution in [3.8, 4) is 11.3 Å². The highest BCUT2D eigenvalue weighted by molar-refractivity contribution is 7.18. The number of rotatable bonds is 5. The van der Waals surface area contributed by atoms with E-state index in [1.165, 1.54) is 0 Å². The second-order valence-corrected chi connectivity index (χ2v) is 6.01. The van der Waals surface area contributed by atoms with Gasteiger partial charge in [-0.1, -0.05) is 55.5 Å². The van der Waals surface area contributed by atoms with Gasteiger partial charge in [0.1, 0.15) is 4.88 Å². The Morgan fingerprint density at radius 2 is 1.95 bits per heavy atom. The molecule has 0 bridgehead atoms. The summed E-state index contributed by atoms with van der Waals surface area (Å²) in [7, 11) is 0. The van der Waals surface area contributed by atoms with Crippen molar-refractivity contribution in [2.24, 2.45) is 5.92 Å². The lowest BCUT2D eigenvalue weighted by Crippen LogP contribution is -2.13. The van der Waals surface area contributed by atoms with Crippen molar-refractivity contribution in [2.45, 2.75) is 20.3 Å². The monoisotopic (exact) mass is 304 g/mol. The molecule has 5 nitrogen and oxygen atoms in total. The number of nitrogens with one attached hydrogen (secondary N) is 1. The molecule has 0 atom stereocenters. The van der Waals surface area contributed by atoms with Gasteiger partial charge in [-0.3, -0.25) is 4.79 Å². The molecule has 2 aromatic rings. The second kappa shape index (κ2) is 6.49. The van der Waals surface area contributed by atoms with Gasteiger partial charge in [0.05, 0.1) is 5.69 Å². The van der Waals surface area contributed by atoms with Gasteiger partial charge in [-0.05, 0) is 5.92 Å². The van der Waals surface area contributed by atoms with Crippen molar-refractivity contribution in [1.29, 1.82) is 0 Å². The molecule has 0 radical (unpaired) electrons. The van der Waals surface area contributed by atoms with Crippen LogP contribution in [0.3, 0.4) is 0 Å². The number of nitrogens with zero attached hydrogens (tertiary/aromatic N) is 1. The summed E-state index contributed by atoms with van der Waals surface area (Å²) in [6.45, 7) is 3.89. The van der Waals surface area contributed by atoms with E-state index < -0.39 is 5.97 Å². The summed E-state index contributed by atoms with van der Waals surface area (Å²) in [5.41, 5.74) is 1.10. The molecular formula is C15H16N2O3S. The molecule has 1 aromatic heterocycles. The third-order valence-electron chi connectivity index (χ3n) is 2.71. The van der Waals surface area contributed by atoms with Gasteiger partial charge in [0.15, 0.2) is 5.13 Å². The lowest BCUT2D eigenvalue weighted by Gasteiger charge is -2.03. The molecule has 1 amide bonds. The first-order valence-corrected chi connectivity index (χ1v) is 7.38. The summed E-state index contributed by atoms with van der Waals surface area (Å²) < 4.78 is 0. The van der Waals surface area contributed by atoms with Crippen LogP contribution in [0, 0.1) is 5.92 Å². The highest BCUT2D eigenvalue weighted by atomic mass is 32.1. The van der Waals surface area contributed by atoms with Crippen LogP contribution in [0.5, 0.6) is 0 Å². The zero-order valence-electron chi connectivity index (χ0n) is 11.8. The molecule has 0 saturated heterocycles. The minimum atomic E-state index is -1.05. The Balaban J connectivity index is 2.30. The highest BCUT2D eigenvalue weighted by Gasteiger charge is 2.19. The fraction of sp³-hybridized carbons (Fsp3) is 0.267. The van der Waals surface area contributed by atoms with Gasteiger partial charge in [-0.25, -0.2) is 9.78 Å². The third kappa shape index (κ3) is 3.88. The maximum Gasteiger partial charge on any atom is 0.348 e. The number of aromatic carboxylic acids is 1. The predicted octanol–water partition coefficient (Wildman–Crippen LogP) is 3.49. The van der Waals surface area contributed by atoms with Gasteiger partial charge in [-0.15, -0.1) is 0 Å². The number of hydrogen-bond acceptors (Lipinski definition) is 4. The Hall–Kier alpha value is -2.21. The summed E-state index contributed by atoms with van der Waals surface area (Å²) >= 11 is 0.975. The van der Waals surface area contributed by atoms with Gasteiger partial charge < -0.3 is 10.4 Å². The quantitative estimate of drug-likeness (QED) is 0.886. The van der Waals surface area contributed by atoms with E-state index in [9.17, 15) is 14.7 Å². The van der Waals surface area contributed by atoms with Gasteiger partial charge >= 0.3 is 5.97 Å². The van der Waals surface area contributed by atoms with Crippen molar-refractivity contribution in [2.75, 3.05) is 5.32 Å². The zero-order chi connectivity index (χ0) is 15.4. The van der Waals surface area contributed by atoms with Crippen molar-refractivity contribution >= 4 is 28.3 Å². The summed E-state index contributed by atoms with van der Waals surface area (Å²) in [6, 6.07) is 9.07. The van der Waals surface area contributed by atoms with E-state index in [1.54, 1.807) is 12.1 Å². The van der Waals surface area contributed by atoms with Gasteiger partial charge in [0, 0.05) is 12.0 Å². The Labute approximate surface area is 126 Å². The number of thiazole rings is 1. The maximum absolute atomic E-state index is 11.8. The number of carboxylic acids is 1. The smallest absolute Gasteiger partial charge is 0.348 e. The Kier molecular flexibility index (Phi) is 4.70. The molecule has 1 heterocycles. The largest absolute Gasteiger partial charge is 0.477 e. The molecule has 2 N–H and O–H groups in total. The van der Waals surface area contributed by atoms with Gasteiger partial charge in [0.25, 0.3) is 0 Å². The molecule has 0 saturated carbocycles. The fourth-order valence-electron chi connectivity index (χ4n) is 1.85. The minimum Gasteiger partial charge on any atom is -0.477 e. The number of anilines is 1. The van der Waals surface area contributed by atoms with Crippen LogP contribution in [-0.4, -0.2) is 22.0 Å². The molecule has 21 heavy (non-hydrogen) atoms. The predicted molar refractivity (Wildman–Crippen MR) is 82.6 cm³/mol. The highest BCUT2D eigenvalue weighted by Crippen LogP contribution is 2.31. The number of carbonyl (C=O) groups is 2. The van der Waals surface area contributed by atoms with Crippen LogP contribution >= 0.6 is 11.3 Å². The van der Waals surface area contributed by atoms with E-state index in [0.717, 1.165) is 16.9 Å².